The Balaban J connectivity index is 2.26. The number of amides is 1. The Hall–Kier alpha value is -2.53. The van der Waals surface area contributed by atoms with Crippen molar-refractivity contribution in [2.45, 2.75) is 19.9 Å². The van der Waals surface area contributed by atoms with Crippen molar-refractivity contribution in [3.63, 3.8) is 0 Å². The van der Waals surface area contributed by atoms with Crippen molar-refractivity contribution in [1.29, 1.82) is 0 Å². The van der Waals surface area contributed by atoms with E-state index in [1.165, 1.54) is 0 Å². The Morgan fingerprint density at radius 1 is 1.18 bits per heavy atom. The van der Waals surface area contributed by atoms with Crippen LogP contribution >= 0.6 is 0 Å². The maximum atomic E-state index is 11.8. The summed E-state index contributed by atoms with van der Waals surface area (Å²) in [5.74, 6) is 1.63. The fourth-order valence-corrected chi connectivity index (χ4v) is 1.92. The van der Waals surface area contributed by atoms with Gasteiger partial charge in [0.15, 0.2) is 5.75 Å². The van der Waals surface area contributed by atoms with Crippen LogP contribution in [0.15, 0.2) is 42.5 Å². The smallest absolute Gasteiger partial charge is 0.241 e. The number of rotatable bonds is 5. The zero-order valence-electron chi connectivity index (χ0n) is 12.9. The molecule has 0 aromatic heterocycles. The Bertz CT molecular complexity index is 669. The molecular formula is C17H20N2O3. The maximum Gasteiger partial charge on any atom is 0.241 e. The Labute approximate surface area is 130 Å². The monoisotopic (exact) mass is 300 g/mol. The first-order valence-corrected chi connectivity index (χ1v) is 6.98. The fourth-order valence-electron chi connectivity index (χ4n) is 1.92. The van der Waals surface area contributed by atoms with Crippen molar-refractivity contribution in [2.24, 2.45) is 5.73 Å². The van der Waals surface area contributed by atoms with E-state index in [0.29, 0.717) is 22.9 Å². The van der Waals surface area contributed by atoms with Gasteiger partial charge in [0, 0.05) is 6.07 Å². The molecule has 3 N–H and O–H groups in total. The largest absolute Gasteiger partial charge is 0.497 e. The van der Waals surface area contributed by atoms with Gasteiger partial charge in [-0.2, -0.15) is 0 Å². The van der Waals surface area contributed by atoms with Crippen LogP contribution in [0.25, 0.3) is 0 Å². The summed E-state index contributed by atoms with van der Waals surface area (Å²) in [6.45, 7) is 3.59. The van der Waals surface area contributed by atoms with E-state index in [0.717, 1.165) is 5.56 Å². The van der Waals surface area contributed by atoms with Gasteiger partial charge in [-0.25, -0.2) is 0 Å². The van der Waals surface area contributed by atoms with E-state index in [9.17, 15) is 4.79 Å². The van der Waals surface area contributed by atoms with Crippen LogP contribution in [0, 0.1) is 6.92 Å². The first kappa shape index (κ1) is 15.9. The molecule has 1 amide bonds. The summed E-state index contributed by atoms with van der Waals surface area (Å²) >= 11 is 0. The van der Waals surface area contributed by atoms with E-state index in [1.54, 1.807) is 32.2 Å². The topological polar surface area (TPSA) is 73.6 Å². The van der Waals surface area contributed by atoms with Gasteiger partial charge in [-0.15, -0.1) is 0 Å². The summed E-state index contributed by atoms with van der Waals surface area (Å²) in [6, 6.07) is 12.2. The Kier molecular flexibility index (Phi) is 5.01. The molecule has 1 atom stereocenters. The van der Waals surface area contributed by atoms with Crippen LogP contribution in [0.4, 0.5) is 5.69 Å². The predicted molar refractivity (Wildman–Crippen MR) is 86.5 cm³/mol. The van der Waals surface area contributed by atoms with Gasteiger partial charge in [-0.05, 0) is 43.7 Å². The summed E-state index contributed by atoms with van der Waals surface area (Å²) in [5, 5.41) is 2.75. The highest BCUT2D eigenvalue weighted by Crippen LogP contribution is 2.31. The lowest BCUT2D eigenvalue weighted by molar-refractivity contribution is -0.117. The second-order valence-electron chi connectivity index (χ2n) is 5.06. The number of nitrogens with one attached hydrogen (secondary N) is 1. The van der Waals surface area contributed by atoms with Crippen molar-refractivity contribution < 1.29 is 14.3 Å². The number of hydrogen-bond donors (Lipinski definition) is 2. The van der Waals surface area contributed by atoms with E-state index in [4.69, 9.17) is 15.2 Å². The maximum absolute atomic E-state index is 11.8. The third-order valence-electron chi connectivity index (χ3n) is 3.05. The molecule has 0 aliphatic carbocycles. The average molecular weight is 300 g/mol. The summed E-state index contributed by atoms with van der Waals surface area (Å²) in [5.41, 5.74) is 7.17. The van der Waals surface area contributed by atoms with E-state index in [-0.39, 0.29) is 5.91 Å². The lowest BCUT2D eigenvalue weighted by Crippen LogP contribution is -2.32. The van der Waals surface area contributed by atoms with Crippen molar-refractivity contribution in [1.82, 2.24) is 0 Å². The number of hydrogen-bond acceptors (Lipinski definition) is 4. The summed E-state index contributed by atoms with van der Waals surface area (Å²) < 4.78 is 11.1. The van der Waals surface area contributed by atoms with E-state index < -0.39 is 6.04 Å². The van der Waals surface area contributed by atoms with E-state index in [1.807, 2.05) is 31.2 Å². The first-order chi connectivity index (χ1) is 10.5. The summed E-state index contributed by atoms with van der Waals surface area (Å²) in [7, 11) is 1.61. The molecule has 116 valence electrons. The second kappa shape index (κ2) is 6.95. The van der Waals surface area contributed by atoms with Crippen LogP contribution in [0.2, 0.25) is 0 Å². The van der Waals surface area contributed by atoms with Gasteiger partial charge in [-0.1, -0.05) is 12.1 Å². The average Bonchev–Trinajstić information content (AvgIpc) is 2.48. The number of carbonyl (C=O) groups is 1. The molecule has 2 aromatic rings. The zero-order valence-corrected chi connectivity index (χ0v) is 12.9. The lowest BCUT2D eigenvalue weighted by atomic mass is 10.2. The highest BCUT2D eigenvalue weighted by Gasteiger charge is 2.12. The van der Waals surface area contributed by atoms with Crippen molar-refractivity contribution in [3.05, 3.63) is 48.0 Å². The van der Waals surface area contributed by atoms with Gasteiger partial charge < -0.3 is 20.5 Å². The van der Waals surface area contributed by atoms with Gasteiger partial charge in [0.05, 0.1) is 18.8 Å². The van der Waals surface area contributed by atoms with Crippen LogP contribution in [0.3, 0.4) is 0 Å². The standard InChI is InChI=1S/C17H20N2O3/c1-11-8-13(21-3)10-14(9-11)22-16-7-5-4-6-15(16)19-17(20)12(2)18/h4-10,12H,18H2,1-3H3,(H,19,20)/t12-/m1/s1. The quantitative estimate of drug-likeness (QED) is 0.890. The predicted octanol–water partition coefficient (Wildman–Crippen LogP) is 3.08. The van der Waals surface area contributed by atoms with Crippen LogP contribution in [-0.4, -0.2) is 19.1 Å². The summed E-state index contributed by atoms with van der Waals surface area (Å²) in [6.07, 6.45) is 0. The molecule has 0 saturated carbocycles. The molecule has 0 saturated heterocycles. The summed E-state index contributed by atoms with van der Waals surface area (Å²) in [4.78, 5) is 11.8. The molecular weight excluding hydrogens is 280 g/mol. The zero-order chi connectivity index (χ0) is 16.1. The van der Waals surface area contributed by atoms with Gasteiger partial charge in [0.1, 0.15) is 11.5 Å². The number of anilines is 1. The molecule has 2 rings (SSSR count). The van der Waals surface area contributed by atoms with Gasteiger partial charge in [-0.3, -0.25) is 4.79 Å². The van der Waals surface area contributed by atoms with Crippen molar-refractivity contribution in [3.8, 4) is 17.2 Å². The van der Waals surface area contributed by atoms with Crippen LogP contribution < -0.4 is 20.5 Å². The van der Waals surface area contributed by atoms with Crippen LogP contribution in [0.1, 0.15) is 12.5 Å². The van der Waals surface area contributed by atoms with E-state index in [2.05, 4.69) is 5.32 Å². The Morgan fingerprint density at radius 3 is 2.55 bits per heavy atom. The van der Waals surface area contributed by atoms with Crippen molar-refractivity contribution in [2.75, 3.05) is 12.4 Å². The normalized spacial score (nSPS) is 11.6. The number of nitrogens with two attached hydrogens (primary N) is 1. The molecule has 0 spiro atoms. The Morgan fingerprint density at radius 2 is 1.86 bits per heavy atom. The van der Waals surface area contributed by atoms with Crippen LogP contribution in [0.5, 0.6) is 17.2 Å². The van der Waals surface area contributed by atoms with Crippen LogP contribution in [-0.2, 0) is 4.79 Å². The lowest BCUT2D eigenvalue weighted by Gasteiger charge is -2.14. The number of para-hydroxylation sites is 2. The number of benzene rings is 2. The molecule has 0 heterocycles. The highest BCUT2D eigenvalue weighted by molar-refractivity contribution is 5.95. The molecule has 0 bridgehead atoms. The molecule has 2 aromatic carbocycles. The molecule has 0 unspecified atom stereocenters. The number of carbonyl (C=O) groups excluding carboxylic acids is 1. The molecule has 5 nitrogen and oxygen atoms in total. The molecule has 0 aliphatic rings. The first-order valence-electron chi connectivity index (χ1n) is 6.98. The minimum Gasteiger partial charge on any atom is -0.497 e. The van der Waals surface area contributed by atoms with Gasteiger partial charge in [0.2, 0.25) is 5.91 Å². The fraction of sp³-hybridized carbons (Fsp3) is 0.235. The van der Waals surface area contributed by atoms with Crippen molar-refractivity contribution >= 4 is 11.6 Å². The third-order valence-corrected chi connectivity index (χ3v) is 3.05. The number of aryl methyl sites for hydroxylation is 1. The van der Waals surface area contributed by atoms with Gasteiger partial charge >= 0.3 is 0 Å². The highest BCUT2D eigenvalue weighted by atomic mass is 16.5. The van der Waals surface area contributed by atoms with E-state index >= 15 is 0 Å². The minimum absolute atomic E-state index is 0.266. The second-order valence-corrected chi connectivity index (χ2v) is 5.06. The molecule has 22 heavy (non-hydrogen) atoms. The third kappa shape index (κ3) is 3.99. The number of methoxy groups -OCH3 is 1. The van der Waals surface area contributed by atoms with Gasteiger partial charge in [0.25, 0.3) is 0 Å². The molecule has 0 fully saturated rings. The number of ether oxygens (including phenoxy) is 2. The minimum atomic E-state index is -0.591. The molecule has 0 aliphatic heterocycles. The SMILES string of the molecule is COc1cc(C)cc(Oc2ccccc2NC(=O)[C@@H](C)N)c1. The molecule has 0 radical (unpaired) electrons. The molecule has 5 heteroatoms.